The van der Waals surface area contributed by atoms with Crippen LogP contribution in [0.4, 0.5) is 16.4 Å². The molecule has 16 nitrogen and oxygen atoms in total. The Morgan fingerprint density at radius 3 is 2.51 bits per heavy atom. The minimum absolute atomic E-state index is 0. The number of fused-ring (bicyclic) bond motifs is 1. The van der Waals surface area contributed by atoms with Crippen LogP contribution in [0.5, 0.6) is 5.75 Å². The molecule has 0 spiro atoms. The summed E-state index contributed by atoms with van der Waals surface area (Å²) in [5, 5.41) is 35.5. The number of aromatic nitrogens is 4. The van der Waals surface area contributed by atoms with Crippen molar-refractivity contribution in [2.45, 2.75) is 48.6 Å². The average molecular weight is 710 g/mol. The number of thioether (sulfide) groups is 2. The quantitative estimate of drug-likeness (QED) is 0.0774. The van der Waals surface area contributed by atoms with E-state index in [-0.39, 0.29) is 75.8 Å². The van der Waals surface area contributed by atoms with Crippen LogP contribution in [0.15, 0.2) is 50.9 Å². The molecule has 1 aromatic carbocycles. The summed E-state index contributed by atoms with van der Waals surface area (Å²) in [5.74, 6) is -2.64. The number of anilines is 2. The minimum Gasteiger partial charge on any atom is -0.543 e. The summed E-state index contributed by atoms with van der Waals surface area (Å²) in [6, 6.07) is 1.27. The standard InChI is InChI=1S/C27H29N9O7S3.Na/c1-11(2)30-26-29-8-16(20(38)32-26)35(25(28)43)18(13-4-6-15(37)7-5-13)21(39)31-17-22(40)36-19(24(41)42)14(9-44-23(17)36)10-45-27-34-33-12(3)46-27;/h4-8,11,17-18,23,37H,9-10H2,1-3H3,(H2,28,43)(H,31,39)(H,41,42)(H2,29,30,32,38);/q;+1/p-1/t17?,18?,23-;/m0./s1. The van der Waals surface area contributed by atoms with Crippen molar-refractivity contribution in [1.29, 1.82) is 0 Å². The summed E-state index contributed by atoms with van der Waals surface area (Å²) in [6.07, 6.45) is 1.09. The molecular weight excluding hydrogens is 682 g/mol. The van der Waals surface area contributed by atoms with Gasteiger partial charge < -0.3 is 31.4 Å². The number of carboxylic acid groups (broad SMARTS) is 1. The molecule has 4 heterocycles. The number of phenolic OH excluding ortho intramolecular Hbond substituents is 1. The van der Waals surface area contributed by atoms with E-state index in [1.54, 1.807) is 6.92 Å². The Kier molecular flexibility index (Phi) is 11.6. The second-order valence-corrected chi connectivity index (χ2v) is 14.0. The molecule has 3 aromatic rings. The van der Waals surface area contributed by atoms with Crippen LogP contribution in [0.2, 0.25) is 0 Å². The Balaban J connectivity index is 0.00000500. The molecule has 47 heavy (non-hydrogen) atoms. The number of primary amides is 1. The first-order valence-corrected chi connectivity index (χ1v) is 16.6. The Bertz CT molecular complexity index is 1780. The largest absolute Gasteiger partial charge is 1.00 e. The number of aryl methyl sites for hydroxylation is 1. The van der Waals surface area contributed by atoms with E-state index in [9.17, 15) is 34.2 Å². The Hall–Kier alpha value is -3.62. The molecule has 0 radical (unpaired) electrons. The number of H-pyrrole nitrogens is 1. The van der Waals surface area contributed by atoms with Crippen molar-refractivity contribution in [3.63, 3.8) is 0 Å². The van der Waals surface area contributed by atoms with E-state index in [0.717, 1.165) is 21.0 Å². The van der Waals surface area contributed by atoms with Gasteiger partial charge in [0.05, 0.1) is 17.9 Å². The van der Waals surface area contributed by atoms with E-state index >= 15 is 0 Å². The number of aliphatic carboxylic acids is 1. The van der Waals surface area contributed by atoms with Crippen LogP contribution in [0, 0.1) is 6.92 Å². The van der Waals surface area contributed by atoms with E-state index < -0.39 is 46.8 Å². The summed E-state index contributed by atoms with van der Waals surface area (Å²) < 4.78 is 0.647. The van der Waals surface area contributed by atoms with Gasteiger partial charge in [-0.05, 0) is 44.0 Å². The van der Waals surface area contributed by atoms with Gasteiger partial charge in [0.25, 0.3) is 11.5 Å². The summed E-state index contributed by atoms with van der Waals surface area (Å²) in [4.78, 5) is 73.9. The van der Waals surface area contributed by atoms with Crippen LogP contribution in [0.25, 0.3) is 0 Å². The third-order valence-corrected chi connectivity index (χ3v) is 10.2. The molecule has 2 aliphatic heterocycles. The zero-order chi connectivity index (χ0) is 33.3. The van der Waals surface area contributed by atoms with Gasteiger partial charge in [0.2, 0.25) is 11.9 Å². The second-order valence-electron chi connectivity index (χ2n) is 10.5. The van der Waals surface area contributed by atoms with Gasteiger partial charge in [-0.15, -0.1) is 22.0 Å². The second kappa shape index (κ2) is 15.1. The number of nitrogens with zero attached hydrogens (tertiary/aromatic N) is 5. The van der Waals surface area contributed by atoms with E-state index in [4.69, 9.17) is 5.73 Å². The van der Waals surface area contributed by atoms with Crippen LogP contribution in [-0.4, -0.2) is 82.9 Å². The number of aromatic hydroxyl groups is 1. The van der Waals surface area contributed by atoms with Gasteiger partial charge >= 0.3 is 35.6 Å². The molecule has 0 bridgehead atoms. The van der Waals surface area contributed by atoms with Crippen molar-refractivity contribution in [2.24, 2.45) is 5.73 Å². The molecule has 20 heteroatoms. The Morgan fingerprint density at radius 1 is 1.23 bits per heavy atom. The van der Waals surface area contributed by atoms with Crippen LogP contribution in [0.1, 0.15) is 30.5 Å². The summed E-state index contributed by atoms with van der Waals surface area (Å²) in [6.45, 7) is 5.45. The number of carbonyl (C=O) groups is 4. The van der Waals surface area contributed by atoms with Gasteiger partial charge in [-0.25, -0.2) is 9.78 Å². The van der Waals surface area contributed by atoms with Crippen molar-refractivity contribution in [3.8, 4) is 5.75 Å². The van der Waals surface area contributed by atoms with Gasteiger partial charge in [0.1, 0.15) is 33.9 Å². The number of rotatable bonds is 11. The summed E-state index contributed by atoms with van der Waals surface area (Å²) in [7, 11) is 0. The Morgan fingerprint density at radius 2 is 1.94 bits per heavy atom. The number of nitrogens with one attached hydrogen (secondary N) is 3. The first kappa shape index (κ1) is 36.2. The number of carboxylic acids is 1. The van der Waals surface area contributed by atoms with Crippen LogP contribution in [0.3, 0.4) is 0 Å². The molecule has 242 valence electrons. The summed E-state index contributed by atoms with van der Waals surface area (Å²) >= 11 is 3.90. The third kappa shape index (κ3) is 7.76. The predicted molar refractivity (Wildman–Crippen MR) is 169 cm³/mol. The van der Waals surface area contributed by atoms with Gasteiger partial charge in [0.15, 0.2) is 4.34 Å². The molecule has 1 saturated heterocycles. The average Bonchev–Trinajstić information content (AvgIpc) is 3.42. The SMILES string of the molecule is Cc1nnc(SCC2=C(C(=O)[O-])N3C(=O)C(NC(=O)C(c4ccc(O)cc4)N(C(N)=O)c4cnc(NC(C)C)[nH]c4=O)[C@@H]3SC2)s1.[Na+]. The maximum atomic E-state index is 13.9. The van der Waals surface area contributed by atoms with Gasteiger partial charge in [-0.3, -0.25) is 29.2 Å². The fourth-order valence-electron chi connectivity index (χ4n) is 4.87. The number of hydrogen-bond acceptors (Lipinski definition) is 14. The maximum Gasteiger partial charge on any atom is 1.00 e. The fraction of sp³-hybridized carbons (Fsp3) is 0.333. The van der Waals surface area contributed by atoms with Crippen LogP contribution in [-0.2, 0) is 14.4 Å². The topological polar surface area (TPSA) is 240 Å². The zero-order valence-corrected chi connectivity index (χ0v) is 30.0. The van der Waals surface area contributed by atoms with E-state index in [2.05, 4.69) is 30.8 Å². The number of β-lactam (4-membered cyclic amide) rings is 1. The molecule has 4 amide bonds. The minimum atomic E-state index is -1.58. The number of benzene rings is 1. The molecular formula is C27H28N9NaO7S3. The number of aromatic amines is 1. The fourth-order valence-corrected chi connectivity index (χ4v) is 8.17. The first-order chi connectivity index (χ1) is 21.8. The van der Waals surface area contributed by atoms with E-state index in [1.165, 1.54) is 59.1 Å². The number of hydrogen-bond donors (Lipinski definition) is 5. The van der Waals surface area contributed by atoms with Crippen LogP contribution >= 0.6 is 34.9 Å². The van der Waals surface area contributed by atoms with Gasteiger partial charge in [-0.2, -0.15) is 0 Å². The van der Waals surface area contributed by atoms with E-state index in [1.807, 2.05) is 13.8 Å². The van der Waals surface area contributed by atoms with Crippen molar-refractivity contribution in [2.75, 3.05) is 21.7 Å². The first-order valence-electron chi connectivity index (χ1n) is 13.7. The van der Waals surface area contributed by atoms with Crippen molar-refractivity contribution < 1.29 is 58.9 Å². The smallest absolute Gasteiger partial charge is 0.543 e. The Labute approximate surface area is 302 Å². The molecule has 5 rings (SSSR count). The molecule has 0 aliphatic carbocycles. The van der Waals surface area contributed by atoms with Gasteiger partial charge in [0, 0.05) is 17.5 Å². The predicted octanol–water partition coefficient (Wildman–Crippen LogP) is -2.72. The molecule has 1 fully saturated rings. The third-order valence-electron chi connectivity index (χ3n) is 6.83. The summed E-state index contributed by atoms with van der Waals surface area (Å²) in [5.41, 5.74) is 4.92. The molecule has 2 unspecified atom stereocenters. The molecule has 2 aliphatic rings. The zero-order valence-electron chi connectivity index (χ0n) is 25.5. The number of carbonyl (C=O) groups excluding carboxylic acids is 4. The number of amides is 4. The maximum absolute atomic E-state index is 13.9. The monoisotopic (exact) mass is 709 g/mol. The number of phenols is 1. The number of nitrogens with two attached hydrogens (primary N) is 1. The van der Waals surface area contributed by atoms with Crippen molar-refractivity contribution in [3.05, 3.63) is 62.7 Å². The van der Waals surface area contributed by atoms with Gasteiger partial charge in [-0.1, -0.05) is 35.2 Å². The molecule has 3 atom stereocenters. The van der Waals surface area contributed by atoms with Crippen molar-refractivity contribution >= 4 is 70.3 Å². The molecule has 6 N–H and O–H groups in total. The van der Waals surface area contributed by atoms with E-state index in [0.29, 0.717) is 9.91 Å². The van der Waals surface area contributed by atoms with Crippen LogP contribution < -0.4 is 61.5 Å². The molecule has 2 aromatic heterocycles. The molecule has 0 saturated carbocycles. The number of urea groups is 1. The van der Waals surface area contributed by atoms with Crippen molar-refractivity contribution in [1.82, 2.24) is 30.4 Å². The normalized spacial score (nSPS) is 17.7.